The van der Waals surface area contributed by atoms with Crippen molar-refractivity contribution in [1.82, 2.24) is 4.90 Å². The smallest absolute Gasteiger partial charge is 0.234 e. The highest BCUT2D eigenvalue weighted by Gasteiger charge is 2.62. The van der Waals surface area contributed by atoms with Gasteiger partial charge in [-0.2, -0.15) is 5.26 Å². The Labute approximate surface area is 160 Å². The predicted octanol–water partition coefficient (Wildman–Crippen LogP) is 3.72. The van der Waals surface area contributed by atoms with Crippen molar-refractivity contribution >= 4 is 11.6 Å². The van der Waals surface area contributed by atoms with Gasteiger partial charge in [0, 0.05) is 30.9 Å². The molecule has 3 fully saturated rings. The van der Waals surface area contributed by atoms with E-state index in [1.54, 1.807) is 0 Å². The molecule has 5 rings (SSSR count). The molecule has 0 radical (unpaired) electrons. The molecule has 2 bridgehead atoms. The van der Waals surface area contributed by atoms with E-state index in [2.05, 4.69) is 17.0 Å². The van der Waals surface area contributed by atoms with Gasteiger partial charge in [0.25, 0.3) is 0 Å². The summed E-state index contributed by atoms with van der Waals surface area (Å²) in [6.07, 6.45) is 4.23. The Hall–Kier alpha value is -2.64. The molecule has 0 saturated carbocycles. The fourth-order valence-electron chi connectivity index (χ4n) is 5.64. The molecule has 1 amide bonds. The Kier molecular flexibility index (Phi) is 3.80. The van der Waals surface area contributed by atoms with Crippen LogP contribution in [-0.4, -0.2) is 29.4 Å². The Bertz CT molecular complexity index is 919. The maximum atomic E-state index is 13.5. The summed E-state index contributed by atoms with van der Waals surface area (Å²) in [4.78, 5) is 18.0. The van der Waals surface area contributed by atoms with Crippen LogP contribution in [0.25, 0.3) is 0 Å². The number of para-hydroxylation sites is 1. The molecule has 0 unspecified atom stereocenters. The number of nitrogens with zero attached hydrogens (tertiary/aromatic N) is 3. The molecule has 0 aliphatic carbocycles. The molecule has 2 aromatic rings. The van der Waals surface area contributed by atoms with Crippen molar-refractivity contribution < 1.29 is 4.79 Å². The summed E-state index contributed by atoms with van der Waals surface area (Å²) in [5, 5.41) is 9.17. The number of carbonyl (C=O) groups excluding carboxylic acids is 1. The van der Waals surface area contributed by atoms with Gasteiger partial charge in [0.2, 0.25) is 5.91 Å². The summed E-state index contributed by atoms with van der Waals surface area (Å²) in [5.74, 6) is 0.316. The molecular weight excluding hydrogens is 334 g/mol. The number of carbonyl (C=O) groups is 1. The lowest BCUT2D eigenvalue weighted by atomic mass is 9.72. The van der Waals surface area contributed by atoms with Crippen LogP contribution >= 0.6 is 0 Å². The van der Waals surface area contributed by atoms with Gasteiger partial charge in [0.1, 0.15) is 0 Å². The number of hydrogen-bond acceptors (Lipinski definition) is 3. The minimum Gasteiger partial charge on any atom is -0.312 e. The number of amides is 1. The molecular formula is C23H23N3O. The van der Waals surface area contributed by atoms with E-state index in [1.165, 1.54) is 12.0 Å². The van der Waals surface area contributed by atoms with E-state index in [0.717, 1.165) is 38.0 Å². The number of anilines is 1. The van der Waals surface area contributed by atoms with Gasteiger partial charge >= 0.3 is 0 Å². The second-order valence-corrected chi connectivity index (χ2v) is 8.13. The van der Waals surface area contributed by atoms with E-state index < -0.39 is 0 Å². The van der Waals surface area contributed by atoms with Crippen LogP contribution in [-0.2, 0) is 11.3 Å². The fraction of sp³-hybridized carbons (Fsp3) is 0.391. The standard InChI is InChI=1S/C23H23N3O/c24-15-17-5-4-6-18(13-17)16-26-20-9-10-21(26)23(14-20)11-12-25(22(23)27)19-7-2-1-3-8-19/h1-8,13,20-21H,9-12,14,16H2/t20-,21-,23-/m0/s1. The summed E-state index contributed by atoms with van der Waals surface area (Å²) in [6.45, 7) is 1.66. The van der Waals surface area contributed by atoms with Crippen LogP contribution in [0.4, 0.5) is 5.69 Å². The van der Waals surface area contributed by atoms with Crippen molar-refractivity contribution in [3.8, 4) is 6.07 Å². The van der Waals surface area contributed by atoms with Crippen LogP contribution in [0.3, 0.4) is 0 Å². The SMILES string of the molecule is N#Cc1cccc(CN2[C@H]3CC[C@H]2[C@]2(CCN(c4ccccc4)C2=O)C3)c1. The molecule has 3 aliphatic heterocycles. The molecule has 2 aromatic carbocycles. The van der Waals surface area contributed by atoms with E-state index in [0.29, 0.717) is 23.6 Å². The van der Waals surface area contributed by atoms with Gasteiger partial charge in [-0.25, -0.2) is 0 Å². The van der Waals surface area contributed by atoms with Crippen LogP contribution in [0.5, 0.6) is 0 Å². The largest absolute Gasteiger partial charge is 0.312 e. The van der Waals surface area contributed by atoms with Crippen molar-refractivity contribution in [1.29, 1.82) is 5.26 Å². The third-order valence-corrected chi connectivity index (χ3v) is 6.82. The van der Waals surface area contributed by atoms with Gasteiger partial charge in [-0.15, -0.1) is 0 Å². The maximum Gasteiger partial charge on any atom is 0.234 e. The van der Waals surface area contributed by atoms with E-state index in [4.69, 9.17) is 5.26 Å². The molecule has 3 atom stereocenters. The minimum atomic E-state index is -0.217. The first kappa shape index (κ1) is 16.5. The molecule has 4 nitrogen and oxygen atoms in total. The maximum absolute atomic E-state index is 13.5. The van der Waals surface area contributed by atoms with Crippen molar-refractivity contribution in [3.63, 3.8) is 0 Å². The Morgan fingerprint density at radius 2 is 1.96 bits per heavy atom. The molecule has 0 N–H and O–H groups in total. The van der Waals surface area contributed by atoms with Gasteiger partial charge in [0.15, 0.2) is 0 Å². The lowest BCUT2D eigenvalue weighted by molar-refractivity contribution is -0.127. The zero-order valence-corrected chi connectivity index (χ0v) is 15.3. The Morgan fingerprint density at radius 3 is 2.78 bits per heavy atom. The monoisotopic (exact) mass is 357 g/mol. The molecule has 1 spiro atoms. The highest BCUT2D eigenvalue weighted by Crippen LogP contribution is 2.55. The van der Waals surface area contributed by atoms with Gasteiger partial charge in [0.05, 0.1) is 17.0 Å². The second kappa shape index (κ2) is 6.21. The van der Waals surface area contributed by atoms with Gasteiger partial charge < -0.3 is 4.90 Å². The summed E-state index contributed by atoms with van der Waals surface area (Å²) < 4.78 is 0. The first-order valence-electron chi connectivity index (χ1n) is 9.83. The van der Waals surface area contributed by atoms with E-state index >= 15 is 0 Å². The lowest BCUT2D eigenvalue weighted by Gasteiger charge is -2.32. The normalized spacial score (nSPS) is 29.6. The van der Waals surface area contributed by atoms with Crippen LogP contribution in [0, 0.1) is 16.7 Å². The predicted molar refractivity (Wildman–Crippen MR) is 104 cm³/mol. The first-order chi connectivity index (χ1) is 13.2. The van der Waals surface area contributed by atoms with Crippen molar-refractivity contribution in [2.24, 2.45) is 5.41 Å². The average Bonchev–Trinajstić information content (AvgIpc) is 3.34. The van der Waals surface area contributed by atoms with Crippen LogP contribution in [0.2, 0.25) is 0 Å². The number of fused-ring (bicyclic) bond motifs is 3. The Morgan fingerprint density at radius 1 is 1.11 bits per heavy atom. The summed E-state index contributed by atoms with van der Waals surface area (Å²) >= 11 is 0. The molecule has 4 heteroatoms. The summed E-state index contributed by atoms with van der Waals surface area (Å²) in [6, 6.07) is 21.0. The Balaban J connectivity index is 1.40. The topological polar surface area (TPSA) is 47.3 Å². The summed E-state index contributed by atoms with van der Waals surface area (Å²) in [7, 11) is 0. The second-order valence-electron chi connectivity index (χ2n) is 8.13. The van der Waals surface area contributed by atoms with Crippen molar-refractivity contribution in [3.05, 3.63) is 65.7 Å². The molecule has 0 aromatic heterocycles. The highest BCUT2D eigenvalue weighted by atomic mass is 16.2. The third kappa shape index (κ3) is 2.49. The van der Waals surface area contributed by atoms with Gasteiger partial charge in [-0.05, 0) is 55.5 Å². The van der Waals surface area contributed by atoms with Crippen LogP contribution < -0.4 is 4.90 Å². The number of hydrogen-bond donors (Lipinski definition) is 0. The summed E-state index contributed by atoms with van der Waals surface area (Å²) in [5.41, 5.74) is 2.69. The zero-order chi connectivity index (χ0) is 18.4. The molecule has 3 aliphatic rings. The van der Waals surface area contributed by atoms with Gasteiger partial charge in [-0.3, -0.25) is 9.69 Å². The van der Waals surface area contributed by atoms with E-state index in [9.17, 15) is 4.79 Å². The molecule has 27 heavy (non-hydrogen) atoms. The quantitative estimate of drug-likeness (QED) is 0.841. The average molecular weight is 357 g/mol. The number of nitriles is 1. The van der Waals surface area contributed by atoms with E-state index in [-0.39, 0.29) is 5.41 Å². The fourth-order valence-corrected chi connectivity index (χ4v) is 5.64. The van der Waals surface area contributed by atoms with E-state index in [1.807, 2.05) is 53.4 Å². The van der Waals surface area contributed by atoms with Crippen molar-refractivity contribution in [2.75, 3.05) is 11.4 Å². The van der Waals surface area contributed by atoms with Gasteiger partial charge in [-0.1, -0.05) is 30.3 Å². The third-order valence-electron chi connectivity index (χ3n) is 6.82. The number of rotatable bonds is 3. The van der Waals surface area contributed by atoms with Crippen LogP contribution in [0.15, 0.2) is 54.6 Å². The van der Waals surface area contributed by atoms with Crippen molar-refractivity contribution in [2.45, 2.75) is 44.3 Å². The molecule has 136 valence electrons. The minimum absolute atomic E-state index is 0.217. The lowest BCUT2D eigenvalue weighted by Crippen LogP contribution is -2.43. The highest BCUT2D eigenvalue weighted by molar-refractivity contribution is 6.00. The number of benzene rings is 2. The van der Waals surface area contributed by atoms with Crippen LogP contribution in [0.1, 0.15) is 36.8 Å². The molecule has 3 heterocycles. The molecule has 3 saturated heterocycles. The zero-order valence-electron chi connectivity index (χ0n) is 15.3. The first-order valence-corrected chi connectivity index (χ1v) is 9.83.